The first-order valence-corrected chi connectivity index (χ1v) is 11.8. The van der Waals surface area contributed by atoms with Crippen molar-refractivity contribution in [2.75, 3.05) is 0 Å². The Kier molecular flexibility index (Phi) is 5.79. The Morgan fingerprint density at radius 2 is 1.15 bits per heavy atom. The molecule has 0 amide bonds. The van der Waals surface area contributed by atoms with Crippen molar-refractivity contribution in [3.63, 3.8) is 0 Å². The van der Waals surface area contributed by atoms with E-state index in [0.717, 1.165) is 5.56 Å². The van der Waals surface area contributed by atoms with Gasteiger partial charge in [0.1, 0.15) is 0 Å². The van der Waals surface area contributed by atoms with Crippen LogP contribution < -0.4 is 0 Å². The molecule has 34 heavy (non-hydrogen) atoms. The molecule has 0 nitrogen and oxygen atoms in total. The predicted octanol–water partition coefficient (Wildman–Crippen LogP) is 8.96. The molecule has 0 fully saturated rings. The summed E-state index contributed by atoms with van der Waals surface area (Å²) in [6.07, 6.45) is 4.13. The molecule has 0 N–H and O–H groups in total. The normalized spacial score (nSPS) is 11.2. The highest BCUT2D eigenvalue weighted by atomic mass is 14.1. The zero-order valence-electron chi connectivity index (χ0n) is 20.2. The van der Waals surface area contributed by atoms with Crippen molar-refractivity contribution in [3.8, 4) is 23.0 Å². The molecule has 0 bridgehead atoms. The van der Waals surface area contributed by atoms with E-state index in [2.05, 4.69) is 131 Å². The fraction of sp³-hybridized carbons (Fsp3) is 0.118. The van der Waals surface area contributed by atoms with Crippen LogP contribution in [0.3, 0.4) is 0 Å². The molecule has 0 aliphatic carbocycles. The summed E-state index contributed by atoms with van der Waals surface area (Å²) >= 11 is 0. The van der Waals surface area contributed by atoms with Crippen LogP contribution in [-0.2, 0) is 0 Å². The monoisotopic (exact) mass is 436 g/mol. The van der Waals surface area contributed by atoms with Gasteiger partial charge in [-0.05, 0) is 107 Å². The van der Waals surface area contributed by atoms with Crippen LogP contribution in [0, 0.1) is 39.5 Å². The van der Waals surface area contributed by atoms with Crippen molar-refractivity contribution in [2.24, 2.45) is 0 Å². The molecule has 0 saturated carbocycles. The Hall–Kier alpha value is -4.08. The van der Waals surface area contributed by atoms with Gasteiger partial charge in [0, 0.05) is 5.56 Å². The summed E-state index contributed by atoms with van der Waals surface area (Å²) in [5.41, 5.74) is 9.84. The van der Waals surface area contributed by atoms with Crippen molar-refractivity contribution < 1.29 is 0 Å². The van der Waals surface area contributed by atoms with E-state index in [-0.39, 0.29) is 0 Å². The number of hydrogen-bond acceptors (Lipinski definition) is 0. The Labute approximate surface area is 202 Å². The standard InChI is InChI=1S/C34H28/c1-23-16-24(2)19-27(18-23)10-5-6-11-28-22-34-31(29-20-25(3)17-26(4)21-29)14-9-15-33(34)32-13-8-7-12-30(28)32/h6-9,11-22H,1-4H3. The minimum Gasteiger partial charge on any atom is -0.0696 e. The molecule has 0 aliphatic rings. The summed E-state index contributed by atoms with van der Waals surface area (Å²) in [7, 11) is 0. The molecule has 164 valence electrons. The molecule has 0 radical (unpaired) electrons. The van der Waals surface area contributed by atoms with Crippen LogP contribution in [-0.4, -0.2) is 0 Å². The Morgan fingerprint density at radius 3 is 1.85 bits per heavy atom. The summed E-state index contributed by atoms with van der Waals surface area (Å²) in [5, 5.41) is 5.07. The van der Waals surface area contributed by atoms with Gasteiger partial charge in [0.2, 0.25) is 0 Å². The first-order chi connectivity index (χ1) is 16.5. The van der Waals surface area contributed by atoms with E-state index in [4.69, 9.17) is 0 Å². The highest BCUT2D eigenvalue weighted by Crippen LogP contribution is 2.36. The van der Waals surface area contributed by atoms with Gasteiger partial charge in [-0.25, -0.2) is 0 Å². The van der Waals surface area contributed by atoms with E-state index < -0.39 is 0 Å². The lowest BCUT2D eigenvalue weighted by Crippen LogP contribution is -1.88. The number of rotatable bonds is 2. The molecular formula is C34H28. The lowest BCUT2D eigenvalue weighted by molar-refractivity contribution is 1.37. The van der Waals surface area contributed by atoms with Crippen LogP contribution in [0.15, 0.2) is 91.0 Å². The third-order valence-electron chi connectivity index (χ3n) is 6.25. The predicted molar refractivity (Wildman–Crippen MR) is 148 cm³/mol. The van der Waals surface area contributed by atoms with E-state index in [9.17, 15) is 0 Å². The molecule has 0 aliphatic heterocycles. The smallest absolute Gasteiger partial charge is 0.0254 e. The van der Waals surface area contributed by atoms with Gasteiger partial charge in [0.25, 0.3) is 0 Å². The SMILES string of the molecule is Cc1cc(C)cc(C#CC=Cc2cc3c(-c4cc(C)cc(C)c4)cccc3c3ccccc23)c1. The van der Waals surface area contributed by atoms with Gasteiger partial charge in [-0.2, -0.15) is 0 Å². The van der Waals surface area contributed by atoms with Crippen LogP contribution in [0.2, 0.25) is 0 Å². The lowest BCUT2D eigenvalue weighted by Gasteiger charge is -2.13. The first kappa shape index (κ1) is 21.7. The maximum Gasteiger partial charge on any atom is 0.0254 e. The zero-order chi connectivity index (χ0) is 23.7. The van der Waals surface area contributed by atoms with Crippen molar-refractivity contribution >= 4 is 27.6 Å². The van der Waals surface area contributed by atoms with Gasteiger partial charge in [0.15, 0.2) is 0 Å². The van der Waals surface area contributed by atoms with Crippen molar-refractivity contribution in [2.45, 2.75) is 27.7 Å². The van der Waals surface area contributed by atoms with Crippen molar-refractivity contribution in [3.05, 3.63) is 124 Å². The third-order valence-corrected chi connectivity index (χ3v) is 6.25. The van der Waals surface area contributed by atoms with E-state index in [1.807, 2.05) is 6.08 Å². The second-order valence-corrected chi connectivity index (χ2v) is 9.27. The number of aryl methyl sites for hydroxylation is 4. The van der Waals surface area contributed by atoms with Crippen molar-refractivity contribution in [1.29, 1.82) is 0 Å². The van der Waals surface area contributed by atoms with E-state index >= 15 is 0 Å². The molecule has 0 atom stereocenters. The van der Waals surface area contributed by atoms with Gasteiger partial charge >= 0.3 is 0 Å². The molecule has 0 spiro atoms. The van der Waals surface area contributed by atoms with Crippen LogP contribution in [0.25, 0.3) is 38.7 Å². The number of fused-ring (bicyclic) bond motifs is 3. The fourth-order valence-electron chi connectivity index (χ4n) is 4.98. The maximum absolute atomic E-state index is 3.29. The van der Waals surface area contributed by atoms with Crippen LogP contribution in [0.1, 0.15) is 33.4 Å². The Morgan fingerprint density at radius 1 is 0.559 bits per heavy atom. The zero-order valence-corrected chi connectivity index (χ0v) is 20.2. The topological polar surface area (TPSA) is 0 Å². The summed E-state index contributed by atoms with van der Waals surface area (Å²) in [4.78, 5) is 0. The second-order valence-electron chi connectivity index (χ2n) is 9.27. The van der Waals surface area contributed by atoms with Crippen molar-refractivity contribution in [1.82, 2.24) is 0 Å². The number of hydrogen-bond donors (Lipinski definition) is 0. The van der Waals surface area contributed by atoms with Gasteiger partial charge in [-0.3, -0.25) is 0 Å². The van der Waals surface area contributed by atoms with Gasteiger partial charge in [0.05, 0.1) is 0 Å². The average Bonchev–Trinajstić information content (AvgIpc) is 2.80. The summed E-state index contributed by atoms with van der Waals surface area (Å²) in [5.74, 6) is 6.54. The highest BCUT2D eigenvalue weighted by molar-refractivity contribution is 6.14. The molecule has 5 aromatic carbocycles. The Balaban J connectivity index is 1.66. The molecule has 0 saturated heterocycles. The fourth-order valence-corrected chi connectivity index (χ4v) is 4.98. The molecule has 0 aromatic heterocycles. The largest absolute Gasteiger partial charge is 0.0696 e. The number of allylic oxidation sites excluding steroid dienone is 1. The highest BCUT2D eigenvalue weighted by Gasteiger charge is 2.10. The molecule has 0 heteroatoms. The number of benzene rings is 5. The van der Waals surface area contributed by atoms with E-state index in [1.165, 1.54) is 60.5 Å². The molecule has 5 aromatic rings. The molecule has 5 rings (SSSR count). The summed E-state index contributed by atoms with van der Waals surface area (Å²) in [6, 6.07) is 30.9. The van der Waals surface area contributed by atoms with E-state index in [1.54, 1.807) is 0 Å². The van der Waals surface area contributed by atoms with Gasteiger partial charge < -0.3 is 0 Å². The lowest BCUT2D eigenvalue weighted by atomic mass is 9.91. The van der Waals surface area contributed by atoms with Gasteiger partial charge in [-0.1, -0.05) is 89.7 Å². The average molecular weight is 437 g/mol. The minimum absolute atomic E-state index is 1.06. The van der Waals surface area contributed by atoms with E-state index in [0.29, 0.717) is 0 Å². The van der Waals surface area contributed by atoms with Gasteiger partial charge in [-0.15, -0.1) is 0 Å². The summed E-state index contributed by atoms with van der Waals surface area (Å²) in [6.45, 7) is 8.56. The molecule has 0 unspecified atom stereocenters. The quantitative estimate of drug-likeness (QED) is 0.191. The Bertz CT molecular complexity index is 1590. The van der Waals surface area contributed by atoms with Crippen LogP contribution in [0.4, 0.5) is 0 Å². The second kappa shape index (κ2) is 9.05. The molecular weight excluding hydrogens is 408 g/mol. The maximum atomic E-state index is 3.29. The first-order valence-electron chi connectivity index (χ1n) is 11.8. The third kappa shape index (κ3) is 4.39. The molecule has 0 heterocycles. The summed E-state index contributed by atoms with van der Waals surface area (Å²) < 4.78 is 0. The minimum atomic E-state index is 1.06. The van der Waals surface area contributed by atoms with Crippen LogP contribution in [0.5, 0.6) is 0 Å². The van der Waals surface area contributed by atoms with Crippen LogP contribution >= 0.6 is 0 Å².